The summed E-state index contributed by atoms with van der Waals surface area (Å²) in [5, 5.41) is 11.7. The number of nitrogens with two attached hydrogens (primary N) is 1. The summed E-state index contributed by atoms with van der Waals surface area (Å²) in [6.45, 7) is 3.82. The third-order valence-electron chi connectivity index (χ3n) is 2.12. The van der Waals surface area contributed by atoms with Gasteiger partial charge in [0, 0.05) is 25.6 Å². The van der Waals surface area contributed by atoms with Crippen molar-refractivity contribution in [2.45, 2.75) is 19.8 Å². The van der Waals surface area contributed by atoms with E-state index in [1.165, 1.54) is 0 Å². The topological polar surface area (TPSA) is 93.3 Å². The maximum Gasteiger partial charge on any atom is 0.132 e. The molecule has 4 N–H and O–H groups in total. The van der Waals surface area contributed by atoms with Gasteiger partial charge in [0.2, 0.25) is 0 Å². The fourth-order valence-electron chi connectivity index (χ4n) is 1.32. The molecule has 6 nitrogen and oxygen atoms in total. The van der Waals surface area contributed by atoms with Gasteiger partial charge in [-0.2, -0.15) is 0 Å². The van der Waals surface area contributed by atoms with Crippen LogP contribution in [0.1, 0.15) is 19.2 Å². The highest BCUT2D eigenvalue weighted by atomic mass is 16.5. The standard InChI is InChI=1S/C11H20N4O2/c1-2-10-14-9(12)8-11(15-10)13-4-3-6-17-7-5-16/h8,16H,2-7H2,1H3,(H3,12,13,14,15). The Kier molecular flexibility index (Phi) is 6.27. The molecule has 0 spiro atoms. The number of rotatable bonds is 8. The molecule has 0 atom stereocenters. The van der Waals surface area contributed by atoms with Crippen LogP contribution in [0.4, 0.5) is 11.6 Å². The van der Waals surface area contributed by atoms with E-state index in [-0.39, 0.29) is 6.61 Å². The zero-order valence-electron chi connectivity index (χ0n) is 10.1. The number of aliphatic hydroxyl groups is 1. The fourth-order valence-corrected chi connectivity index (χ4v) is 1.32. The van der Waals surface area contributed by atoms with Crippen molar-refractivity contribution < 1.29 is 9.84 Å². The Hall–Kier alpha value is -1.40. The average molecular weight is 240 g/mol. The maximum atomic E-state index is 8.52. The number of aryl methyl sites for hydroxylation is 1. The number of aromatic nitrogens is 2. The molecule has 0 amide bonds. The minimum Gasteiger partial charge on any atom is -0.394 e. The van der Waals surface area contributed by atoms with Crippen LogP contribution >= 0.6 is 0 Å². The number of hydrogen-bond donors (Lipinski definition) is 3. The van der Waals surface area contributed by atoms with Crippen LogP contribution in [0.3, 0.4) is 0 Å². The second kappa shape index (κ2) is 7.81. The molecular weight excluding hydrogens is 220 g/mol. The van der Waals surface area contributed by atoms with Crippen molar-refractivity contribution in [3.8, 4) is 0 Å². The van der Waals surface area contributed by atoms with Crippen molar-refractivity contribution in [2.75, 3.05) is 37.4 Å². The second-order valence-electron chi connectivity index (χ2n) is 3.56. The van der Waals surface area contributed by atoms with Gasteiger partial charge in [-0.25, -0.2) is 9.97 Å². The van der Waals surface area contributed by atoms with Crippen LogP contribution in [-0.2, 0) is 11.2 Å². The molecule has 0 unspecified atom stereocenters. The summed E-state index contributed by atoms with van der Waals surface area (Å²) in [6, 6.07) is 1.72. The van der Waals surface area contributed by atoms with E-state index in [0.717, 1.165) is 31.0 Å². The van der Waals surface area contributed by atoms with Crippen molar-refractivity contribution in [3.63, 3.8) is 0 Å². The van der Waals surface area contributed by atoms with Crippen molar-refractivity contribution in [3.05, 3.63) is 11.9 Å². The third kappa shape index (κ3) is 5.46. The second-order valence-corrected chi connectivity index (χ2v) is 3.56. The molecular formula is C11H20N4O2. The van der Waals surface area contributed by atoms with Gasteiger partial charge < -0.3 is 20.9 Å². The Morgan fingerprint density at radius 2 is 2.24 bits per heavy atom. The number of nitrogens with one attached hydrogen (secondary N) is 1. The summed E-state index contributed by atoms with van der Waals surface area (Å²) in [5.74, 6) is 1.97. The van der Waals surface area contributed by atoms with Gasteiger partial charge in [0.15, 0.2) is 0 Å². The lowest BCUT2D eigenvalue weighted by Gasteiger charge is -2.07. The van der Waals surface area contributed by atoms with E-state index in [4.69, 9.17) is 15.6 Å². The van der Waals surface area contributed by atoms with E-state index in [1.807, 2.05) is 6.92 Å². The van der Waals surface area contributed by atoms with E-state index in [1.54, 1.807) is 6.07 Å². The highest BCUT2D eigenvalue weighted by Crippen LogP contribution is 2.08. The first-order chi connectivity index (χ1) is 8.26. The maximum absolute atomic E-state index is 8.52. The van der Waals surface area contributed by atoms with Gasteiger partial charge in [-0.1, -0.05) is 6.92 Å². The largest absolute Gasteiger partial charge is 0.394 e. The van der Waals surface area contributed by atoms with Crippen LogP contribution in [0.25, 0.3) is 0 Å². The van der Waals surface area contributed by atoms with Crippen molar-refractivity contribution in [1.82, 2.24) is 9.97 Å². The lowest BCUT2D eigenvalue weighted by Crippen LogP contribution is -2.10. The molecule has 0 aromatic carbocycles. The first kappa shape index (κ1) is 13.7. The molecule has 0 saturated heterocycles. The smallest absolute Gasteiger partial charge is 0.132 e. The van der Waals surface area contributed by atoms with E-state index in [0.29, 0.717) is 19.0 Å². The molecule has 0 fully saturated rings. The number of aliphatic hydroxyl groups excluding tert-OH is 1. The number of nitrogen functional groups attached to an aromatic ring is 1. The van der Waals surface area contributed by atoms with E-state index >= 15 is 0 Å². The summed E-state index contributed by atoms with van der Waals surface area (Å²) in [7, 11) is 0. The van der Waals surface area contributed by atoms with E-state index in [2.05, 4.69) is 15.3 Å². The molecule has 0 radical (unpaired) electrons. The summed E-state index contributed by atoms with van der Waals surface area (Å²) in [4.78, 5) is 8.40. The molecule has 1 heterocycles. The van der Waals surface area contributed by atoms with Gasteiger partial charge in [0.25, 0.3) is 0 Å². The molecule has 96 valence electrons. The Morgan fingerprint density at radius 1 is 1.41 bits per heavy atom. The molecule has 0 aliphatic heterocycles. The van der Waals surface area contributed by atoms with Crippen molar-refractivity contribution in [1.29, 1.82) is 0 Å². The lowest BCUT2D eigenvalue weighted by molar-refractivity contribution is 0.0922. The summed E-state index contributed by atoms with van der Waals surface area (Å²) >= 11 is 0. The predicted molar refractivity (Wildman–Crippen MR) is 66.8 cm³/mol. The van der Waals surface area contributed by atoms with Gasteiger partial charge in [0.1, 0.15) is 17.5 Å². The quantitative estimate of drug-likeness (QED) is 0.571. The number of ether oxygens (including phenoxy) is 1. The molecule has 1 aromatic heterocycles. The monoisotopic (exact) mass is 240 g/mol. The van der Waals surface area contributed by atoms with E-state index in [9.17, 15) is 0 Å². The number of nitrogens with zero attached hydrogens (tertiary/aromatic N) is 2. The third-order valence-corrected chi connectivity index (χ3v) is 2.12. The Morgan fingerprint density at radius 3 is 2.94 bits per heavy atom. The van der Waals surface area contributed by atoms with Crippen molar-refractivity contribution >= 4 is 11.6 Å². The van der Waals surface area contributed by atoms with Gasteiger partial charge in [0.05, 0.1) is 13.2 Å². The summed E-state index contributed by atoms with van der Waals surface area (Å²) in [5.41, 5.74) is 5.66. The highest BCUT2D eigenvalue weighted by molar-refractivity contribution is 5.44. The predicted octanol–water partition coefficient (Wildman–Crippen LogP) is 0.432. The SMILES string of the molecule is CCc1nc(N)cc(NCCCOCCO)n1. The summed E-state index contributed by atoms with van der Waals surface area (Å²) in [6.07, 6.45) is 1.62. The van der Waals surface area contributed by atoms with Crippen molar-refractivity contribution in [2.24, 2.45) is 0 Å². The molecule has 1 aromatic rings. The minimum atomic E-state index is 0.0652. The Bertz CT molecular complexity index is 333. The lowest BCUT2D eigenvalue weighted by atomic mass is 10.4. The van der Waals surface area contributed by atoms with Crippen LogP contribution in [0, 0.1) is 0 Å². The first-order valence-corrected chi connectivity index (χ1v) is 5.82. The Balaban J connectivity index is 2.28. The first-order valence-electron chi connectivity index (χ1n) is 5.82. The molecule has 0 aliphatic rings. The average Bonchev–Trinajstić information content (AvgIpc) is 2.33. The zero-order valence-corrected chi connectivity index (χ0v) is 10.1. The van der Waals surface area contributed by atoms with Crippen LogP contribution in [0.2, 0.25) is 0 Å². The van der Waals surface area contributed by atoms with Gasteiger partial charge in [-0.15, -0.1) is 0 Å². The van der Waals surface area contributed by atoms with Gasteiger partial charge >= 0.3 is 0 Å². The zero-order chi connectivity index (χ0) is 12.5. The number of anilines is 2. The minimum absolute atomic E-state index is 0.0652. The molecule has 6 heteroatoms. The fraction of sp³-hybridized carbons (Fsp3) is 0.636. The normalized spacial score (nSPS) is 10.5. The highest BCUT2D eigenvalue weighted by Gasteiger charge is 2.00. The molecule has 0 saturated carbocycles. The van der Waals surface area contributed by atoms with Crippen LogP contribution in [0.15, 0.2) is 6.07 Å². The van der Waals surface area contributed by atoms with E-state index < -0.39 is 0 Å². The van der Waals surface area contributed by atoms with Crippen LogP contribution in [0.5, 0.6) is 0 Å². The van der Waals surface area contributed by atoms with Gasteiger partial charge in [-0.3, -0.25) is 0 Å². The number of hydrogen-bond acceptors (Lipinski definition) is 6. The van der Waals surface area contributed by atoms with Crippen LogP contribution < -0.4 is 11.1 Å². The summed E-state index contributed by atoms with van der Waals surface area (Å²) < 4.78 is 5.14. The molecule has 0 aliphatic carbocycles. The molecule has 17 heavy (non-hydrogen) atoms. The molecule has 0 bridgehead atoms. The van der Waals surface area contributed by atoms with Crippen LogP contribution in [-0.4, -0.2) is 41.4 Å². The molecule has 1 rings (SSSR count). The Labute approximate surface area is 101 Å². The van der Waals surface area contributed by atoms with Gasteiger partial charge in [-0.05, 0) is 6.42 Å².